The lowest BCUT2D eigenvalue weighted by molar-refractivity contribution is -0.156. The van der Waals surface area contributed by atoms with Gasteiger partial charge in [-0.2, -0.15) is 0 Å². The zero-order chi connectivity index (χ0) is 11.4. The zero-order valence-corrected chi connectivity index (χ0v) is 10.4. The second-order valence-electron chi connectivity index (χ2n) is 5.20. The van der Waals surface area contributed by atoms with Crippen molar-refractivity contribution in [1.82, 2.24) is 0 Å². The topological polar surface area (TPSA) is 26.3 Å². The van der Waals surface area contributed by atoms with Gasteiger partial charge in [0.05, 0.1) is 0 Å². The molecule has 1 atom stereocenters. The SMILES string of the molecule is CCC(CC(=O)OC(C)(C)C)C(C)C. The lowest BCUT2D eigenvalue weighted by atomic mass is 9.90. The molecule has 1 unspecified atom stereocenters. The summed E-state index contributed by atoms with van der Waals surface area (Å²) < 4.78 is 5.28. The number of rotatable bonds is 4. The van der Waals surface area contributed by atoms with E-state index >= 15 is 0 Å². The molecule has 0 heterocycles. The molecule has 0 bridgehead atoms. The van der Waals surface area contributed by atoms with Crippen LogP contribution in [-0.2, 0) is 9.53 Å². The second kappa shape index (κ2) is 5.38. The van der Waals surface area contributed by atoms with Gasteiger partial charge in [-0.05, 0) is 32.6 Å². The van der Waals surface area contributed by atoms with Crippen molar-refractivity contribution in [1.29, 1.82) is 0 Å². The van der Waals surface area contributed by atoms with Crippen molar-refractivity contribution in [2.75, 3.05) is 0 Å². The quantitative estimate of drug-likeness (QED) is 0.650. The summed E-state index contributed by atoms with van der Waals surface area (Å²) in [5.41, 5.74) is -0.355. The van der Waals surface area contributed by atoms with E-state index in [2.05, 4.69) is 20.8 Å². The molecule has 0 aliphatic carbocycles. The average Bonchev–Trinajstić information content (AvgIpc) is 1.96. The molecule has 0 N–H and O–H groups in total. The number of carbonyl (C=O) groups is 1. The summed E-state index contributed by atoms with van der Waals surface area (Å²) in [6.45, 7) is 12.1. The molecular formula is C12H24O2. The number of hydrogen-bond acceptors (Lipinski definition) is 2. The Labute approximate surface area is 88.0 Å². The molecule has 0 aromatic heterocycles. The largest absolute Gasteiger partial charge is 0.460 e. The summed E-state index contributed by atoms with van der Waals surface area (Å²) >= 11 is 0. The van der Waals surface area contributed by atoms with Gasteiger partial charge in [-0.25, -0.2) is 0 Å². The van der Waals surface area contributed by atoms with Crippen molar-refractivity contribution in [2.45, 2.75) is 60.0 Å². The molecule has 0 aromatic rings. The number of hydrogen-bond donors (Lipinski definition) is 0. The molecule has 0 aliphatic heterocycles. The minimum absolute atomic E-state index is 0.0712. The van der Waals surface area contributed by atoms with Gasteiger partial charge in [-0.1, -0.05) is 27.2 Å². The molecule has 0 spiro atoms. The maximum absolute atomic E-state index is 11.5. The third kappa shape index (κ3) is 6.01. The summed E-state index contributed by atoms with van der Waals surface area (Å²) in [4.78, 5) is 11.5. The molecule has 84 valence electrons. The molecule has 0 aliphatic rings. The first-order valence-corrected chi connectivity index (χ1v) is 5.48. The van der Waals surface area contributed by atoms with Gasteiger partial charge in [0, 0.05) is 6.42 Å². The molecule has 14 heavy (non-hydrogen) atoms. The summed E-state index contributed by atoms with van der Waals surface area (Å²) in [5, 5.41) is 0. The summed E-state index contributed by atoms with van der Waals surface area (Å²) in [7, 11) is 0. The lowest BCUT2D eigenvalue weighted by Gasteiger charge is -2.23. The van der Waals surface area contributed by atoms with Crippen molar-refractivity contribution in [3.63, 3.8) is 0 Å². The van der Waals surface area contributed by atoms with Crippen LogP contribution >= 0.6 is 0 Å². The Balaban J connectivity index is 4.04. The highest BCUT2D eigenvalue weighted by atomic mass is 16.6. The van der Waals surface area contributed by atoms with E-state index in [-0.39, 0.29) is 11.6 Å². The normalized spacial score (nSPS) is 14.2. The predicted molar refractivity (Wildman–Crippen MR) is 59.1 cm³/mol. The van der Waals surface area contributed by atoms with Crippen molar-refractivity contribution in [2.24, 2.45) is 11.8 Å². The minimum atomic E-state index is -0.355. The van der Waals surface area contributed by atoms with Crippen LogP contribution in [-0.4, -0.2) is 11.6 Å². The third-order valence-corrected chi connectivity index (χ3v) is 2.32. The predicted octanol–water partition coefficient (Wildman–Crippen LogP) is 3.40. The maximum atomic E-state index is 11.5. The van der Waals surface area contributed by atoms with E-state index in [4.69, 9.17) is 4.74 Å². The monoisotopic (exact) mass is 200 g/mol. The van der Waals surface area contributed by atoms with Crippen LogP contribution in [0.25, 0.3) is 0 Å². The van der Waals surface area contributed by atoms with E-state index in [1.807, 2.05) is 20.8 Å². The first-order chi connectivity index (χ1) is 6.26. The Bertz CT molecular complexity index is 177. The van der Waals surface area contributed by atoms with Crippen LogP contribution in [0.4, 0.5) is 0 Å². The molecule has 2 nitrogen and oxygen atoms in total. The fourth-order valence-corrected chi connectivity index (χ4v) is 1.45. The fourth-order valence-electron chi connectivity index (χ4n) is 1.45. The van der Waals surface area contributed by atoms with Crippen LogP contribution in [0.2, 0.25) is 0 Å². The van der Waals surface area contributed by atoms with E-state index in [0.29, 0.717) is 18.3 Å². The number of esters is 1. The van der Waals surface area contributed by atoms with Crippen molar-refractivity contribution >= 4 is 5.97 Å². The van der Waals surface area contributed by atoms with Crippen LogP contribution in [0.5, 0.6) is 0 Å². The highest BCUT2D eigenvalue weighted by Crippen LogP contribution is 2.20. The van der Waals surface area contributed by atoms with Crippen molar-refractivity contribution in [3.05, 3.63) is 0 Å². The molecular weight excluding hydrogens is 176 g/mol. The first-order valence-electron chi connectivity index (χ1n) is 5.48. The van der Waals surface area contributed by atoms with Gasteiger partial charge in [0.15, 0.2) is 0 Å². The van der Waals surface area contributed by atoms with E-state index < -0.39 is 0 Å². The molecule has 2 heteroatoms. The van der Waals surface area contributed by atoms with Gasteiger partial charge >= 0.3 is 5.97 Å². The Morgan fingerprint density at radius 1 is 1.29 bits per heavy atom. The standard InChI is InChI=1S/C12H24O2/c1-7-10(9(2)3)8-11(13)14-12(4,5)6/h9-10H,7-8H2,1-6H3. The van der Waals surface area contributed by atoms with Gasteiger partial charge < -0.3 is 4.74 Å². The lowest BCUT2D eigenvalue weighted by Crippen LogP contribution is -2.26. The zero-order valence-electron chi connectivity index (χ0n) is 10.4. The number of carbonyl (C=O) groups excluding carboxylic acids is 1. The van der Waals surface area contributed by atoms with Crippen molar-refractivity contribution < 1.29 is 9.53 Å². The highest BCUT2D eigenvalue weighted by molar-refractivity contribution is 5.70. The molecule has 0 aromatic carbocycles. The van der Waals surface area contributed by atoms with Gasteiger partial charge in [0.1, 0.15) is 5.60 Å². The molecule has 0 radical (unpaired) electrons. The second-order valence-corrected chi connectivity index (χ2v) is 5.20. The van der Waals surface area contributed by atoms with Crippen LogP contribution in [0.3, 0.4) is 0 Å². The summed E-state index contributed by atoms with van der Waals surface area (Å²) in [6.07, 6.45) is 1.59. The maximum Gasteiger partial charge on any atom is 0.306 e. The van der Waals surface area contributed by atoms with Crippen LogP contribution in [0.1, 0.15) is 54.4 Å². The Morgan fingerprint density at radius 3 is 2.07 bits per heavy atom. The van der Waals surface area contributed by atoms with Crippen molar-refractivity contribution in [3.8, 4) is 0 Å². The molecule has 0 amide bonds. The van der Waals surface area contributed by atoms with Gasteiger partial charge in [-0.15, -0.1) is 0 Å². The minimum Gasteiger partial charge on any atom is -0.460 e. The van der Waals surface area contributed by atoms with E-state index in [0.717, 1.165) is 6.42 Å². The average molecular weight is 200 g/mol. The van der Waals surface area contributed by atoms with Crippen LogP contribution in [0, 0.1) is 11.8 Å². The number of ether oxygens (including phenoxy) is 1. The summed E-state index contributed by atoms with van der Waals surface area (Å²) in [6, 6.07) is 0. The van der Waals surface area contributed by atoms with E-state index in [1.165, 1.54) is 0 Å². The Kier molecular flexibility index (Phi) is 5.17. The first kappa shape index (κ1) is 13.5. The van der Waals surface area contributed by atoms with Crippen LogP contribution in [0.15, 0.2) is 0 Å². The Hall–Kier alpha value is -0.530. The molecule has 0 fully saturated rings. The summed E-state index contributed by atoms with van der Waals surface area (Å²) in [5.74, 6) is 0.926. The van der Waals surface area contributed by atoms with Crippen LogP contribution < -0.4 is 0 Å². The van der Waals surface area contributed by atoms with E-state index in [1.54, 1.807) is 0 Å². The molecule has 0 saturated heterocycles. The molecule has 0 saturated carbocycles. The van der Waals surface area contributed by atoms with E-state index in [9.17, 15) is 4.79 Å². The highest BCUT2D eigenvalue weighted by Gasteiger charge is 2.21. The van der Waals surface area contributed by atoms with Gasteiger partial charge in [-0.3, -0.25) is 4.79 Å². The smallest absolute Gasteiger partial charge is 0.306 e. The molecule has 0 rings (SSSR count). The fraction of sp³-hybridized carbons (Fsp3) is 0.917. The van der Waals surface area contributed by atoms with Gasteiger partial charge in [0.25, 0.3) is 0 Å². The third-order valence-electron chi connectivity index (χ3n) is 2.32. The van der Waals surface area contributed by atoms with Gasteiger partial charge in [0.2, 0.25) is 0 Å². The Morgan fingerprint density at radius 2 is 1.79 bits per heavy atom.